The van der Waals surface area contributed by atoms with Crippen LogP contribution in [-0.4, -0.2) is 43.7 Å². The number of hydrogen-bond acceptors (Lipinski definition) is 8. The summed E-state index contributed by atoms with van der Waals surface area (Å²) in [5, 5.41) is 14.9. The summed E-state index contributed by atoms with van der Waals surface area (Å²) in [5.74, 6) is 1.75. The lowest BCUT2D eigenvalue weighted by Gasteiger charge is -2.19. The van der Waals surface area contributed by atoms with E-state index in [1.807, 2.05) is 13.8 Å². The van der Waals surface area contributed by atoms with E-state index in [4.69, 9.17) is 8.94 Å². The molecule has 2 aromatic heterocycles. The molecule has 1 saturated carbocycles. The first-order chi connectivity index (χ1) is 12.1. The predicted molar refractivity (Wildman–Crippen MR) is 85.6 cm³/mol. The molecule has 1 saturated heterocycles. The van der Waals surface area contributed by atoms with Crippen LogP contribution in [0.4, 0.5) is 0 Å². The highest BCUT2D eigenvalue weighted by atomic mass is 16.5. The molecule has 0 aromatic carbocycles. The van der Waals surface area contributed by atoms with Gasteiger partial charge in [0.05, 0.1) is 12.6 Å². The molecule has 134 valence electrons. The first kappa shape index (κ1) is 16.2. The third kappa shape index (κ3) is 3.55. The largest absolute Gasteiger partial charge is 0.424 e. The number of carbonyl (C=O) groups excluding carboxylic acids is 1. The number of amides is 1. The lowest BCUT2D eigenvalue weighted by molar-refractivity contribution is 0.0937. The molecule has 2 aliphatic rings. The fourth-order valence-corrected chi connectivity index (χ4v) is 2.97. The Kier molecular flexibility index (Phi) is 4.24. The fourth-order valence-electron chi connectivity index (χ4n) is 2.97. The number of rotatable bonds is 6. The minimum absolute atomic E-state index is 0.0237. The second kappa shape index (κ2) is 6.55. The SMILES string of the molecule is CC(C)c1nnc(CN2CCC[C@@H]2c2nc(C(=O)NC3CC3)no2)o1. The summed E-state index contributed by atoms with van der Waals surface area (Å²) in [6, 6.07) is 0.245. The molecule has 1 aliphatic heterocycles. The molecule has 4 rings (SSSR count). The Hall–Kier alpha value is -2.29. The maximum absolute atomic E-state index is 12.0. The van der Waals surface area contributed by atoms with Crippen molar-refractivity contribution in [2.45, 2.75) is 64.1 Å². The van der Waals surface area contributed by atoms with Gasteiger partial charge >= 0.3 is 0 Å². The Bertz CT molecular complexity index is 751. The van der Waals surface area contributed by atoms with Gasteiger partial charge in [-0.1, -0.05) is 19.0 Å². The molecule has 1 aliphatic carbocycles. The highest BCUT2D eigenvalue weighted by Gasteiger charge is 2.33. The summed E-state index contributed by atoms with van der Waals surface area (Å²) in [4.78, 5) is 18.5. The molecule has 9 heteroatoms. The summed E-state index contributed by atoms with van der Waals surface area (Å²) in [5.41, 5.74) is 0. The monoisotopic (exact) mass is 346 g/mol. The first-order valence-corrected chi connectivity index (χ1v) is 8.81. The number of aromatic nitrogens is 4. The van der Waals surface area contributed by atoms with E-state index in [-0.39, 0.29) is 29.7 Å². The van der Waals surface area contributed by atoms with Gasteiger partial charge in [-0.2, -0.15) is 4.98 Å². The van der Waals surface area contributed by atoms with Gasteiger partial charge in [-0.05, 0) is 32.2 Å². The second-order valence-corrected chi connectivity index (χ2v) is 7.02. The van der Waals surface area contributed by atoms with E-state index in [9.17, 15) is 4.79 Å². The third-order valence-corrected chi connectivity index (χ3v) is 4.52. The van der Waals surface area contributed by atoms with Gasteiger partial charge in [0.1, 0.15) is 0 Å². The molecule has 3 heterocycles. The van der Waals surface area contributed by atoms with Crippen molar-refractivity contribution < 1.29 is 13.7 Å². The number of hydrogen-bond donors (Lipinski definition) is 1. The van der Waals surface area contributed by atoms with Crippen LogP contribution in [-0.2, 0) is 6.54 Å². The fraction of sp³-hybridized carbons (Fsp3) is 0.688. The molecule has 0 radical (unpaired) electrons. The van der Waals surface area contributed by atoms with Crippen molar-refractivity contribution >= 4 is 5.91 Å². The van der Waals surface area contributed by atoms with Crippen LogP contribution in [0.1, 0.15) is 79.8 Å². The molecule has 2 aromatic rings. The molecule has 0 spiro atoms. The Morgan fingerprint density at radius 2 is 2.16 bits per heavy atom. The van der Waals surface area contributed by atoms with Crippen molar-refractivity contribution in [2.75, 3.05) is 6.54 Å². The molecule has 2 fully saturated rings. The van der Waals surface area contributed by atoms with Crippen LogP contribution in [0.15, 0.2) is 8.94 Å². The van der Waals surface area contributed by atoms with Gasteiger partial charge in [0, 0.05) is 12.0 Å². The predicted octanol–water partition coefficient (Wildman–Crippen LogP) is 1.81. The van der Waals surface area contributed by atoms with E-state index in [0.29, 0.717) is 24.2 Å². The molecule has 1 N–H and O–H groups in total. The van der Waals surface area contributed by atoms with Crippen molar-refractivity contribution in [3.63, 3.8) is 0 Å². The van der Waals surface area contributed by atoms with Crippen molar-refractivity contribution in [1.82, 2.24) is 30.6 Å². The molecule has 25 heavy (non-hydrogen) atoms. The van der Waals surface area contributed by atoms with E-state index in [1.165, 1.54) is 0 Å². The van der Waals surface area contributed by atoms with Gasteiger partial charge in [-0.3, -0.25) is 9.69 Å². The maximum atomic E-state index is 12.0. The molecule has 0 bridgehead atoms. The Labute approximate surface area is 145 Å². The Morgan fingerprint density at radius 1 is 1.32 bits per heavy atom. The molecule has 0 unspecified atom stereocenters. The van der Waals surface area contributed by atoms with Gasteiger partial charge in [0.25, 0.3) is 11.7 Å². The molecule has 9 nitrogen and oxygen atoms in total. The van der Waals surface area contributed by atoms with E-state index in [2.05, 4.69) is 30.6 Å². The number of nitrogens with zero attached hydrogens (tertiary/aromatic N) is 5. The van der Waals surface area contributed by atoms with Crippen LogP contribution >= 0.6 is 0 Å². The van der Waals surface area contributed by atoms with Crippen molar-refractivity contribution in [2.24, 2.45) is 0 Å². The minimum atomic E-state index is -0.263. The average molecular weight is 346 g/mol. The van der Waals surface area contributed by atoms with Gasteiger partial charge in [0.15, 0.2) is 0 Å². The highest BCUT2D eigenvalue weighted by molar-refractivity contribution is 5.90. The van der Waals surface area contributed by atoms with E-state index in [0.717, 1.165) is 32.2 Å². The lowest BCUT2D eigenvalue weighted by Crippen LogP contribution is -2.27. The van der Waals surface area contributed by atoms with Gasteiger partial charge < -0.3 is 14.3 Å². The number of carbonyl (C=O) groups is 1. The van der Waals surface area contributed by atoms with Crippen LogP contribution in [0, 0.1) is 0 Å². The third-order valence-electron chi connectivity index (χ3n) is 4.52. The number of likely N-dealkylation sites (tertiary alicyclic amines) is 1. The van der Waals surface area contributed by atoms with Gasteiger partial charge in [-0.25, -0.2) is 0 Å². The van der Waals surface area contributed by atoms with Crippen molar-refractivity contribution in [1.29, 1.82) is 0 Å². The quantitative estimate of drug-likeness (QED) is 0.843. The van der Waals surface area contributed by atoms with E-state index < -0.39 is 0 Å². The summed E-state index contributed by atoms with van der Waals surface area (Å²) >= 11 is 0. The smallest absolute Gasteiger partial charge is 0.292 e. The van der Waals surface area contributed by atoms with Crippen LogP contribution in [0.3, 0.4) is 0 Å². The zero-order chi connectivity index (χ0) is 17.4. The molecule has 1 amide bonds. The molecular weight excluding hydrogens is 324 g/mol. The van der Waals surface area contributed by atoms with Crippen LogP contribution in [0.2, 0.25) is 0 Å². The van der Waals surface area contributed by atoms with Crippen molar-refractivity contribution in [3.8, 4) is 0 Å². The maximum Gasteiger partial charge on any atom is 0.292 e. The van der Waals surface area contributed by atoms with E-state index in [1.54, 1.807) is 0 Å². The lowest BCUT2D eigenvalue weighted by atomic mass is 10.2. The van der Waals surface area contributed by atoms with E-state index >= 15 is 0 Å². The van der Waals surface area contributed by atoms with Crippen LogP contribution in [0.25, 0.3) is 0 Å². The summed E-state index contributed by atoms with van der Waals surface area (Å²) in [6.07, 6.45) is 3.96. The van der Waals surface area contributed by atoms with Crippen LogP contribution < -0.4 is 5.32 Å². The normalized spacial score (nSPS) is 21.2. The summed E-state index contributed by atoms with van der Waals surface area (Å²) in [7, 11) is 0. The molecular formula is C16H22N6O3. The van der Waals surface area contributed by atoms with Gasteiger partial charge in [0.2, 0.25) is 17.7 Å². The van der Waals surface area contributed by atoms with Crippen molar-refractivity contribution in [3.05, 3.63) is 23.5 Å². The highest BCUT2D eigenvalue weighted by Crippen LogP contribution is 2.32. The number of nitrogens with one attached hydrogen (secondary N) is 1. The Morgan fingerprint density at radius 3 is 2.88 bits per heavy atom. The summed E-state index contributed by atoms with van der Waals surface area (Å²) in [6.45, 7) is 5.46. The standard InChI is InChI=1S/C16H22N6O3/c1-9(2)15-20-19-12(24-15)8-22-7-3-4-11(22)16-18-13(21-25-16)14(23)17-10-5-6-10/h9-11H,3-8H2,1-2H3,(H,17,23)/t11-/m1/s1. The topological polar surface area (TPSA) is 110 Å². The summed E-state index contributed by atoms with van der Waals surface area (Å²) < 4.78 is 11.0. The molecule has 1 atom stereocenters. The zero-order valence-corrected chi connectivity index (χ0v) is 14.4. The first-order valence-electron chi connectivity index (χ1n) is 8.81. The second-order valence-electron chi connectivity index (χ2n) is 7.02. The minimum Gasteiger partial charge on any atom is -0.424 e. The zero-order valence-electron chi connectivity index (χ0n) is 14.4. The van der Waals surface area contributed by atoms with Crippen LogP contribution in [0.5, 0.6) is 0 Å². The Balaban J connectivity index is 1.43. The van der Waals surface area contributed by atoms with Gasteiger partial charge in [-0.15, -0.1) is 10.2 Å². The average Bonchev–Trinajstić information content (AvgIpc) is 3.01.